The molecule has 0 aromatic carbocycles. The SMILES string of the molecule is CC(O)(CNC1CCN(C2CCCC2)CC1)c1cccs1. The van der Waals surface area contributed by atoms with Gasteiger partial charge in [0.25, 0.3) is 0 Å². The topological polar surface area (TPSA) is 35.5 Å². The molecule has 1 aromatic rings. The maximum atomic E-state index is 10.6. The van der Waals surface area contributed by atoms with Crippen LogP contribution in [0.4, 0.5) is 0 Å². The molecule has 3 rings (SSSR count). The summed E-state index contributed by atoms with van der Waals surface area (Å²) in [4.78, 5) is 3.75. The standard InChI is InChI=1S/C17H28N2OS/c1-17(20,16-7-4-12-21-16)13-18-14-8-10-19(11-9-14)15-5-2-3-6-15/h4,7,12,14-15,18,20H,2-3,5-6,8-11,13H2,1H3. The van der Waals surface area contributed by atoms with Crippen LogP contribution in [0.1, 0.15) is 50.3 Å². The Balaban J connectivity index is 1.43. The molecule has 1 saturated heterocycles. The quantitative estimate of drug-likeness (QED) is 0.878. The Morgan fingerprint density at radius 3 is 2.62 bits per heavy atom. The third kappa shape index (κ3) is 3.86. The van der Waals surface area contributed by atoms with Gasteiger partial charge in [-0.2, -0.15) is 0 Å². The van der Waals surface area contributed by atoms with Crippen LogP contribution in [0.3, 0.4) is 0 Å². The van der Waals surface area contributed by atoms with Gasteiger partial charge in [0, 0.05) is 23.5 Å². The summed E-state index contributed by atoms with van der Waals surface area (Å²) in [6.07, 6.45) is 8.10. The number of hydrogen-bond acceptors (Lipinski definition) is 4. The lowest BCUT2D eigenvalue weighted by Gasteiger charge is -2.37. The Kier molecular flexibility index (Phi) is 4.99. The molecule has 4 heteroatoms. The fourth-order valence-electron chi connectivity index (χ4n) is 3.75. The number of aliphatic hydroxyl groups is 1. The van der Waals surface area contributed by atoms with Crippen LogP contribution in [-0.4, -0.2) is 41.7 Å². The minimum Gasteiger partial charge on any atom is -0.383 e. The van der Waals surface area contributed by atoms with Crippen molar-refractivity contribution < 1.29 is 5.11 Å². The van der Waals surface area contributed by atoms with E-state index in [0.29, 0.717) is 12.6 Å². The van der Waals surface area contributed by atoms with Gasteiger partial charge >= 0.3 is 0 Å². The monoisotopic (exact) mass is 308 g/mol. The second-order valence-electron chi connectivity index (χ2n) is 6.88. The van der Waals surface area contributed by atoms with Crippen molar-refractivity contribution in [3.8, 4) is 0 Å². The van der Waals surface area contributed by atoms with Gasteiger partial charge in [0.15, 0.2) is 0 Å². The summed E-state index contributed by atoms with van der Waals surface area (Å²) < 4.78 is 0. The fraction of sp³-hybridized carbons (Fsp3) is 0.765. The first-order valence-corrected chi connectivity index (χ1v) is 9.27. The summed E-state index contributed by atoms with van der Waals surface area (Å²) in [7, 11) is 0. The summed E-state index contributed by atoms with van der Waals surface area (Å²) in [5.74, 6) is 0. The van der Waals surface area contributed by atoms with Gasteiger partial charge in [-0.1, -0.05) is 18.9 Å². The van der Waals surface area contributed by atoms with Crippen LogP contribution >= 0.6 is 11.3 Å². The van der Waals surface area contributed by atoms with E-state index in [0.717, 1.165) is 10.9 Å². The van der Waals surface area contributed by atoms with E-state index in [1.807, 2.05) is 24.4 Å². The number of rotatable bonds is 5. The number of nitrogens with one attached hydrogen (secondary N) is 1. The zero-order chi connectivity index (χ0) is 14.7. The molecule has 2 aliphatic rings. The molecule has 2 heterocycles. The molecule has 0 radical (unpaired) electrons. The molecule has 1 aromatic heterocycles. The summed E-state index contributed by atoms with van der Waals surface area (Å²) in [5, 5.41) is 16.2. The lowest BCUT2D eigenvalue weighted by Crippen LogP contribution is -2.48. The molecule has 1 aliphatic heterocycles. The second-order valence-corrected chi connectivity index (χ2v) is 7.83. The van der Waals surface area contributed by atoms with Crippen molar-refractivity contribution in [2.24, 2.45) is 0 Å². The van der Waals surface area contributed by atoms with E-state index in [1.165, 1.54) is 51.6 Å². The lowest BCUT2D eigenvalue weighted by molar-refractivity contribution is 0.0520. The average molecular weight is 308 g/mol. The zero-order valence-corrected chi connectivity index (χ0v) is 13.9. The fourth-order valence-corrected chi connectivity index (χ4v) is 4.54. The van der Waals surface area contributed by atoms with Crippen molar-refractivity contribution in [2.45, 2.75) is 63.1 Å². The van der Waals surface area contributed by atoms with E-state index in [-0.39, 0.29) is 0 Å². The maximum Gasteiger partial charge on any atom is 0.108 e. The van der Waals surface area contributed by atoms with Crippen molar-refractivity contribution in [1.82, 2.24) is 10.2 Å². The summed E-state index contributed by atoms with van der Waals surface area (Å²) >= 11 is 1.64. The van der Waals surface area contributed by atoms with Crippen molar-refractivity contribution in [1.29, 1.82) is 0 Å². The van der Waals surface area contributed by atoms with Crippen molar-refractivity contribution >= 4 is 11.3 Å². The Morgan fingerprint density at radius 2 is 2.00 bits per heavy atom. The molecule has 118 valence electrons. The average Bonchev–Trinajstić information content (AvgIpc) is 3.19. The van der Waals surface area contributed by atoms with Gasteiger partial charge in [-0.15, -0.1) is 11.3 Å². The minimum absolute atomic E-state index is 0.564. The second kappa shape index (κ2) is 6.78. The number of thiophene rings is 1. The highest BCUT2D eigenvalue weighted by Crippen LogP contribution is 2.27. The molecule has 1 aliphatic carbocycles. The molecule has 2 fully saturated rings. The molecular weight excluding hydrogens is 280 g/mol. The van der Waals surface area contributed by atoms with E-state index in [4.69, 9.17) is 0 Å². The molecule has 0 bridgehead atoms. The third-order valence-corrected chi connectivity index (χ3v) is 6.28. The van der Waals surface area contributed by atoms with Crippen LogP contribution < -0.4 is 5.32 Å². The summed E-state index contributed by atoms with van der Waals surface area (Å²) in [5.41, 5.74) is -0.739. The van der Waals surface area contributed by atoms with Crippen LogP contribution in [0.25, 0.3) is 0 Å². The maximum absolute atomic E-state index is 10.6. The Labute approximate surface area is 132 Å². The van der Waals surface area contributed by atoms with Gasteiger partial charge in [0.1, 0.15) is 5.60 Å². The Bertz CT molecular complexity index is 418. The molecule has 21 heavy (non-hydrogen) atoms. The molecule has 3 nitrogen and oxygen atoms in total. The first kappa shape index (κ1) is 15.5. The number of nitrogens with zero attached hydrogens (tertiary/aromatic N) is 1. The third-order valence-electron chi connectivity index (χ3n) is 5.16. The van der Waals surface area contributed by atoms with Crippen molar-refractivity contribution in [3.05, 3.63) is 22.4 Å². The van der Waals surface area contributed by atoms with Crippen LogP contribution in [0.5, 0.6) is 0 Å². The lowest BCUT2D eigenvalue weighted by atomic mass is 10.00. The highest BCUT2D eigenvalue weighted by atomic mass is 32.1. The van der Waals surface area contributed by atoms with Gasteiger partial charge in [0.2, 0.25) is 0 Å². The van der Waals surface area contributed by atoms with Gasteiger partial charge in [-0.25, -0.2) is 0 Å². The van der Waals surface area contributed by atoms with Gasteiger partial charge in [0.05, 0.1) is 0 Å². The van der Waals surface area contributed by atoms with E-state index in [2.05, 4.69) is 10.2 Å². The number of hydrogen-bond donors (Lipinski definition) is 2. The highest BCUT2D eigenvalue weighted by Gasteiger charge is 2.29. The summed E-state index contributed by atoms with van der Waals surface area (Å²) in [6.45, 7) is 5.02. The molecular formula is C17H28N2OS. The normalized spacial score (nSPS) is 25.2. The van der Waals surface area contributed by atoms with Gasteiger partial charge in [-0.3, -0.25) is 0 Å². The highest BCUT2D eigenvalue weighted by molar-refractivity contribution is 7.10. The smallest absolute Gasteiger partial charge is 0.108 e. The van der Waals surface area contributed by atoms with Crippen molar-refractivity contribution in [3.63, 3.8) is 0 Å². The predicted octanol–water partition coefficient (Wildman–Crippen LogP) is 2.95. The van der Waals surface area contributed by atoms with Crippen LogP contribution in [-0.2, 0) is 5.60 Å². The number of piperidine rings is 1. The van der Waals surface area contributed by atoms with E-state index in [9.17, 15) is 5.11 Å². The van der Waals surface area contributed by atoms with Crippen molar-refractivity contribution in [2.75, 3.05) is 19.6 Å². The molecule has 0 amide bonds. The summed E-state index contributed by atoms with van der Waals surface area (Å²) in [6, 6.07) is 5.46. The first-order valence-electron chi connectivity index (χ1n) is 8.39. The molecule has 1 unspecified atom stereocenters. The van der Waals surface area contributed by atoms with Crippen LogP contribution in [0.2, 0.25) is 0 Å². The van der Waals surface area contributed by atoms with E-state index >= 15 is 0 Å². The molecule has 2 N–H and O–H groups in total. The minimum atomic E-state index is -0.739. The van der Waals surface area contributed by atoms with Gasteiger partial charge < -0.3 is 15.3 Å². The van der Waals surface area contributed by atoms with Gasteiger partial charge in [-0.05, 0) is 57.1 Å². The van der Waals surface area contributed by atoms with E-state index in [1.54, 1.807) is 11.3 Å². The largest absolute Gasteiger partial charge is 0.383 e. The Morgan fingerprint density at radius 1 is 1.29 bits per heavy atom. The molecule has 0 spiro atoms. The zero-order valence-electron chi connectivity index (χ0n) is 13.1. The predicted molar refractivity (Wildman–Crippen MR) is 88.7 cm³/mol. The van der Waals surface area contributed by atoms with Crippen LogP contribution in [0.15, 0.2) is 17.5 Å². The molecule has 1 atom stereocenters. The Hall–Kier alpha value is -0.420. The first-order chi connectivity index (χ1) is 10.1. The number of likely N-dealkylation sites (tertiary alicyclic amines) is 1. The van der Waals surface area contributed by atoms with Crippen LogP contribution in [0, 0.1) is 0 Å². The van der Waals surface area contributed by atoms with E-state index < -0.39 is 5.60 Å². The molecule has 1 saturated carbocycles.